The van der Waals surface area contributed by atoms with E-state index in [4.69, 9.17) is 0 Å². The summed E-state index contributed by atoms with van der Waals surface area (Å²) in [5, 5.41) is 11.6. The highest BCUT2D eigenvalue weighted by molar-refractivity contribution is 6.15. The monoisotopic (exact) mass is 300 g/mol. The van der Waals surface area contributed by atoms with Gasteiger partial charge in [0.1, 0.15) is 5.75 Å². The van der Waals surface area contributed by atoms with E-state index in [-0.39, 0.29) is 11.5 Å². The molecule has 2 heteroatoms. The first-order chi connectivity index (χ1) is 11.2. The van der Waals surface area contributed by atoms with Crippen LogP contribution in [0.25, 0.3) is 16.8 Å². The number of carbonyl (C=O) groups is 1. The molecule has 2 nitrogen and oxygen atoms in total. The van der Waals surface area contributed by atoms with E-state index < -0.39 is 0 Å². The third-order valence-electron chi connectivity index (χ3n) is 4.46. The summed E-state index contributed by atoms with van der Waals surface area (Å²) in [5.74, 6) is 0.231. The van der Waals surface area contributed by atoms with Gasteiger partial charge in [0.05, 0.1) is 0 Å². The Morgan fingerprint density at radius 3 is 2.43 bits per heavy atom. The van der Waals surface area contributed by atoms with E-state index in [2.05, 4.69) is 12.1 Å². The number of phenolic OH excluding ortho intramolecular Hbond substituents is 1. The van der Waals surface area contributed by atoms with Crippen molar-refractivity contribution in [3.8, 4) is 5.75 Å². The second kappa shape index (κ2) is 5.40. The molecule has 0 spiro atoms. The van der Waals surface area contributed by atoms with Gasteiger partial charge in [0, 0.05) is 5.56 Å². The van der Waals surface area contributed by atoms with E-state index in [1.807, 2.05) is 18.2 Å². The third kappa shape index (κ3) is 2.42. The maximum atomic E-state index is 12.6. The number of rotatable bonds is 3. The molecule has 3 aromatic carbocycles. The number of benzene rings is 3. The van der Waals surface area contributed by atoms with Gasteiger partial charge in [0.15, 0.2) is 5.78 Å². The molecule has 0 saturated heterocycles. The maximum absolute atomic E-state index is 12.6. The van der Waals surface area contributed by atoms with Crippen LogP contribution in [0, 0.1) is 0 Å². The largest absolute Gasteiger partial charge is 0.508 e. The van der Waals surface area contributed by atoms with Crippen LogP contribution in [-0.2, 0) is 12.8 Å². The van der Waals surface area contributed by atoms with Gasteiger partial charge in [-0.15, -0.1) is 0 Å². The summed E-state index contributed by atoms with van der Waals surface area (Å²) in [6.07, 6.45) is 5.51. The topological polar surface area (TPSA) is 37.3 Å². The quantitative estimate of drug-likeness (QED) is 0.569. The first-order valence-electron chi connectivity index (χ1n) is 7.77. The van der Waals surface area contributed by atoms with Crippen molar-refractivity contribution in [2.75, 3.05) is 0 Å². The van der Waals surface area contributed by atoms with Crippen LogP contribution < -0.4 is 0 Å². The summed E-state index contributed by atoms with van der Waals surface area (Å²) in [5.41, 5.74) is 4.33. The predicted octanol–water partition coefficient (Wildman–Crippen LogP) is 4.54. The Labute approximate surface area is 134 Å². The van der Waals surface area contributed by atoms with Crippen molar-refractivity contribution in [2.45, 2.75) is 12.8 Å². The molecule has 1 aliphatic carbocycles. The van der Waals surface area contributed by atoms with Crippen molar-refractivity contribution in [3.05, 3.63) is 82.9 Å². The van der Waals surface area contributed by atoms with Gasteiger partial charge >= 0.3 is 0 Å². The summed E-state index contributed by atoms with van der Waals surface area (Å²) in [6.45, 7) is 0. The van der Waals surface area contributed by atoms with E-state index in [0.29, 0.717) is 0 Å². The van der Waals surface area contributed by atoms with Crippen molar-refractivity contribution < 1.29 is 9.90 Å². The van der Waals surface area contributed by atoms with E-state index >= 15 is 0 Å². The lowest BCUT2D eigenvalue weighted by Gasteiger charge is -2.06. The molecule has 4 rings (SSSR count). The molecule has 0 aliphatic heterocycles. The fourth-order valence-corrected chi connectivity index (χ4v) is 3.31. The molecule has 0 atom stereocenters. The number of hydrogen-bond donors (Lipinski definition) is 1. The van der Waals surface area contributed by atoms with Gasteiger partial charge in [-0.3, -0.25) is 4.79 Å². The van der Waals surface area contributed by atoms with Gasteiger partial charge < -0.3 is 5.11 Å². The molecule has 0 bridgehead atoms. The summed E-state index contributed by atoms with van der Waals surface area (Å²) in [4.78, 5) is 12.6. The standard InChI is InChI=1S/C21H16O2/c22-17-10-4-14(5-11-17)6-13-20(23)18-12-9-16-8-7-15-2-1-3-19(18)21(15)16/h1-6,9-13,22H,7-8H2/b13-6+. The fraction of sp³-hybridized carbons (Fsp3) is 0.0952. The van der Waals surface area contributed by atoms with Crippen LogP contribution in [0.15, 0.2) is 60.7 Å². The second-order valence-electron chi connectivity index (χ2n) is 5.90. The number of hydrogen-bond acceptors (Lipinski definition) is 2. The van der Waals surface area contributed by atoms with E-state index in [9.17, 15) is 9.90 Å². The smallest absolute Gasteiger partial charge is 0.186 e. The molecule has 0 heterocycles. The highest BCUT2D eigenvalue weighted by Crippen LogP contribution is 2.33. The lowest BCUT2D eigenvalue weighted by molar-refractivity contribution is 0.104. The molecule has 0 aromatic heterocycles. The molecule has 1 aliphatic rings. The number of ketones is 1. The Kier molecular flexibility index (Phi) is 3.23. The zero-order valence-electron chi connectivity index (χ0n) is 12.6. The van der Waals surface area contributed by atoms with Gasteiger partial charge in [-0.2, -0.15) is 0 Å². The summed E-state index contributed by atoms with van der Waals surface area (Å²) < 4.78 is 0. The second-order valence-corrected chi connectivity index (χ2v) is 5.90. The highest BCUT2D eigenvalue weighted by atomic mass is 16.3. The minimum absolute atomic E-state index is 0.00803. The summed E-state index contributed by atoms with van der Waals surface area (Å²) in [6, 6.07) is 17.0. The Bertz CT molecular complexity index is 924. The Balaban J connectivity index is 1.72. The number of phenols is 1. The van der Waals surface area contributed by atoms with Crippen LogP contribution >= 0.6 is 0 Å². The molecular weight excluding hydrogens is 284 g/mol. The van der Waals surface area contributed by atoms with Crippen molar-refractivity contribution in [3.63, 3.8) is 0 Å². The lowest BCUT2D eigenvalue weighted by Crippen LogP contribution is -1.96. The van der Waals surface area contributed by atoms with Gasteiger partial charge in [0.2, 0.25) is 0 Å². The average molecular weight is 300 g/mol. The van der Waals surface area contributed by atoms with Crippen molar-refractivity contribution in [1.29, 1.82) is 0 Å². The molecular formula is C21H16O2. The number of aromatic hydroxyl groups is 1. The number of aryl methyl sites for hydroxylation is 2. The molecule has 0 saturated carbocycles. The van der Waals surface area contributed by atoms with Crippen LogP contribution in [0.1, 0.15) is 27.0 Å². The molecule has 0 amide bonds. The first kappa shape index (κ1) is 13.8. The minimum Gasteiger partial charge on any atom is -0.508 e. The van der Waals surface area contributed by atoms with Gasteiger partial charge in [-0.05, 0) is 58.5 Å². The number of carbonyl (C=O) groups excluding carboxylic acids is 1. The first-order valence-corrected chi connectivity index (χ1v) is 7.77. The average Bonchev–Trinajstić information content (AvgIpc) is 3.00. The van der Waals surface area contributed by atoms with Gasteiger partial charge in [-0.1, -0.05) is 48.5 Å². The highest BCUT2D eigenvalue weighted by Gasteiger charge is 2.17. The zero-order chi connectivity index (χ0) is 15.8. The maximum Gasteiger partial charge on any atom is 0.186 e. The summed E-state index contributed by atoms with van der Waals surface area (Å²) >= 11 is 0. The zero-order valence-corrected chi connectivity index (χ0v) is 12.6. The molecule has 1 N–H and O–H groups in total. The van der Waals surface area contributed by atoms with E-state index in [1.165, 1.54) is 16.5 Å². The molecule has 0 fully saturated rings. The molecule has 112 valence electrons. The van der Waals surface area contributed by atoms with Gasteiger partial charge in [-0.25, -0.2) is 0 Å². The molecule has 0 unspecified atom stereocenters. The Morgan fingerprint density at radius 1 is 0.913 bits per heavy atom. The molecule has 0 radical (unpaired) electrons. The SMILES string of the molecule is O=C(/C=C/c1ccc(O)cc1)c1ccc2c3c(cccc13)CC2. The Hall–Kier alpha value is -2.87. The van der Waals surface area contributed by atoms with Crippen molar-refractivity contribution in [2.24, 2.45) is 0 Å². The van der Waals surface area contributed by atoms with Crippen LogP contribution in [0.2, 0.25) is 0 Å². The molecule has 3 aromatic rings. The minimum atomic E-state index is 0.00803. The molecule has 23 heavy (non-hydrogen) atoms. The van der Waals surface area contributed by atoms with Crippen LogP contribution in [-0.4, -0.2) is 10.9 Å². The third-order valence-corrected chi connectivity index (χ3v) is 4.46. The van der Waals surface area contributed by atoms with Crippen molar-refractivity contribution >= 4 is 22.6 Å². The van der Waals surface area contributed by atoms with Crippen molar-refractivity contribution in [1.82, 2.24) is 0 Å². The van der Waals surface area contributed by atoms with E-state index in [0.717, 1.165) is 29.4 Å². The van der Waals surface area contributed by atoms with Crippen LogP contribution in [0.4, 0.5) is 0 Å². The van der Waals surface area contributed by atoms with Crippen LogP contribution in [0.5, 0.6) is 5.75 Å². The normalized spacial score (nSPS) is 13.0. The van der Waals surface area contributed by atoms with E-state index in [1.54, 1.807) is 36.4 Å². The lowest BCUT2D eigenvalue weighted by atomic mass is 9.97. The summed E-state index contributed by atoms with van der Waals surface area (Å²) in [7, 11) is 0. The predicted molar refractivity (Wildman–Crippen MR) is 92.8 cm³/mol. The number of allylic oxidation sites excluding steroid dienone is 1. The Morgan fingerprint density at radius 2 is 1.65 bits per heavy atom. The van der Waals surface area contributed by atoms with Crippen LogP contribution in [0.3, 0.4) is 0 Å². The van der Waals surface area contributed by atoms with Gasteiger partial charge in [0.25, 0.3) is 0 Å². The fourth-order valence-electron chi connectivity index (χ4n) is 3.31.